The van der Waals surface area contributed by atoms with Crippen LogP contribution < -0.4 is 4.74 Å². The second-order valence-corrected chi connectivity index (χ2v) is 4.01. The Balaban J connectivity index is 2.03. The summed E-state index contributed by atoms with van der Waals surface area (Å²) in [7, 11) is 0. The van der Waals surface area contributed by atoms with Gasteiger partial charge >= 0.3 is 12.1 Å². The Morgan fingerprint density at radius 2 is 2.28 bits per heavy atom. The number of rotatable bonds is 3. The minimum absolute atomic E-state index is 0.130. The lowest BCUT2D eigenvalue weighted by atomic mass is 10.3. The van der Waals surface area contributed by atoms with Crippen LogP contribution in [0.3, 0.4) is 0 Å². The fourth-order valence-corrected chi connectivity index (χ4v) is 1.71. The van der Waals surface area contributed by atoms with Crippen molar-refractivity contribution < 1.29 is 24.2 Å². The molecule has 0 saturated carbocycles. The fraction of sp³-hybridized carbons (Fsp3) is 0.273. The van der Waals surface area contributed by atoms with Gasteiger partial charge in [0.15, 0.2) is 12.8 Å². The van der Waals surface area contributed by atoms with Crippen molar-refractivity contribution in [2.24, 2.45) is 0 Å². The van der Waals surface area contributed by atoms with Crippen LogP contribution in [0.15, 0.2) is 24.3 Å². The third-order valence-corrected chi connectivity index (χ3v) is 2.79. The van der Waals surface area contributed by atoms with Gasteiger partial charge in [0.25, 0.3) is 0 Å². The quantitative estimate of drug-likeness (QED) is 0.845. The van der Waals surface area contributed by atoms with E-state index in [0.717, 1.165) is 4.90 Å². The zero-order valence-corrected chi connectivity index (χ0v) is 9.96. The second-order valence-electron chi connectivity index (χ2n) is 3.60. The molecule has 6 nitrogen and oxygen atoms in total. The molecule has 1 heterocycles. The number of carboxylic acid groups (broad SMARTS) is 1. The predicted molar refractivity (Wildman–Crippen MR) is 61.6 cm³/mol. The van der Waals surface area contributed by atoms with Gasteiger partial charge in [-0.25, -0.2) is 9.59 Å². The molecule has 7 heteroatoms. The number of esters is 1. The van der Waals surface area contributed by atoms with E-state index < -0.39 is 18.1 Å². The number of hydrogen-bond acceptors (Lipinski definition) is 4. The van der Waals surface area contributed by atoms with Crippen molar-refractivity contribution in [1.82, 2.24) is 4.90 Å². The first-order valence-electron chi connectivity index (χ1n) is 5.13. The molecule has 1 aromatic rings. The van der Waals surface area contributed by atoms with Gasteiger partial charge in [-0.05, 0) is 12.1 Å². The molecule has 1 N–H and O–H groups in total. The molecule has 1 aromatic carbocycles. The summed E-state index contributed by atoms with van der Waals surface area (Å²) in [6.45, 7) is -0.403. The van der Waals surface area contributed by atoms with Crippen LogP contribution in [0.5, 0.6) is 5.75 Å². The summed E-state index contributed by atoms with van der Waals surface area (Å²) in [4.78, 5) is 23.1. The van der Waals surface area contributed by atoms with Crippen LogP contribution in [-0.4, -0.2) is 41.4 Å². The number of hydrogen-bond donors (Lipinski definition) is 1. The van der Waals surface area contributed by atoms with Crippen molar-refractivity contribution in [2.75, 3.05) is 13.3 Å². The Morgan fingerprint density at radius 1 is 1.56 bits per heavy atom. The van der Waals surface area contributed by atoms with E-state index >= 15 is 0 Å². The van der Waals surface area contributed by atoms with Crippen LogP contribution in [0.25, 0.3) is 0 Å². The van der Waals surface area contributed by atoms with Crippen LogP contribution in [0.4, 0.5) is 4.79 Å². The van der Waals surface area contributed by atoms with E-state index in [1.807, 2.05) is 0 Å². The van der Waals surface area contributed by atoms with Gasteiger partial charge in [-0.3, -0.25) is 4.90 Å². The monoisotopic (exact) mass is 271 g/mol. The lowest BCUT2D eigenvalue weighted by Gasteiger charge is -2.17. The summed E-state index contributed by atoms with van der Waals surface area (Å²) in [6, 6.07) is 5.77. The highest BCUT2D eigenvalue weighted by Gasteiger charge is 2.38. The van der Waals surface area contributed by atoms with Gasteiger partial charge in [-0.1, -0.05) is 23.7 Å². The molecule has 2 rings (SSSR count). The average molecular weight is 272 g/mol. The van der Waals surface area contributed by atoms with Crippen LogP contribution in [0, 0.1) is 0 Å². The molecular weight excluding hydrogens is 262 g/mol. The molecule has 1 amide bonds. The largest absolute Gasteiger partial charge is 0.489 e. The summed E-state index contributed by atoms with van der Waals surface area (Å²) in [5, 5.41) is 9.26. The minimum Gasteiger partial charge on any atom is -0.489 e. The summed E-state index contributed by atoms with van der Waals surface area (Å²) in [5.41, 5.74) is 0. The molecule has 0 bridgehead atoms. The van der Waals surface area contributed by atoms with E-state index in [2.05, 4.69) is 4.74 Å². The van der Waals surface area contributed by atoms with Crippen molar-refractivity contribution in [3.8, 4) is 5.75 Å². The number of para-hydroxylation sites is 1. The fourth-order valence-electron chi connectivity index (χ4n) is 1.52. The molecule has 0 aliphatic carbocycles. The molecule has 1 fully saturated rings. The first kappa shape index (κ1) is 12.5. The topological polar surface area (TPSA) is 76.1 Å². The number of benzene rings is 1. The third kappa shape index (κ3) is 2.48. The molecule has 1 unspecified atom stereocenters. The maximum absolute atomic E-state index is 11.4. The number of nitrogens with zero attached hydrogens (tertiary/aromatic N) is 1. The van der Waals surface area contributed by atoms with Gasteiger partial charge in [0.2, 0.25) is 0 Å². The summed E-state index contributed by atoms with van der Waals surface area (Å²) in [6.07, 6.45) is -1.23. The summed E-state index contributed by atoms with van der Waals surface area (Å²) in [5.74, 6) is -0.228. The van der Waals surface area contributed by atoms with E-state index in [4.69, 9.17) is 21.4 Å². The number of carbonyl (C=O) groups is 2. The highest BCUT2D eigenvalue weighted by molar-refractivity contribution is 6.32. The molecule has 96 valence electrons. The lowest BCUT2D eigenvalue weighted by molar-refractivity contribution is -0.139. The Bertz CT molecular complexity index is 478. The van der Waals surface area contributed by atoms with Crippen molar-refractivity contribution in [2.45, 2.75) is 6.04 Å². The standard InChI is InChI=1S/C11H10ClNO5/c12-7-3-1-2-4-9(7)17-5-8-10(14)18-6-13(8)11(15)16/h1-4,8H,5-6H2,(H,15,16). The smallest absolute Gasteiger partial charge is 0.410 e. The molecular formula is C11H10ClNO5. The lowest BCUT2D eigenvalue weighted by Crippen LogP contribution is -2.41. The SMILES string of the molecule is O=C1OCN(C(=O)O)C1COc1ccccc1Cl. The summed E-state index contributed by atoms with van der Waals surface area (Å²) >= 11 is 5.87. The number of carbonyl (C=O) groups excluding carboxylic acids is 1. The first-order chi connectivity index (χ1) is 8.59. The van der Waals surface area contributed by atoms with Gasteiger partial charge in [-0.15, -0.1) is 0 Å². The zero-order chi connectivity index (χ0) is 13.1. The maximum Gasteiger partial charge on any atom is 0.410 e. The van der Waals surface area contributed by atoms with Crippen LogP contribution in [-0.2, 0) is 9.53 Å². The maximum atomic E-state index is 11.4. The van der Waals surface area contributed by atoms with Crippen molar-refractivity contribution >= 4 is 23.7 Å². The Kier molecular flexibility index (Phi) is 3.57. The molecule has 0 spiro atoms. The molecule has 1 atom stereocenters. The van der Waals surface area contributed by atoms with E-state index in [-0.39, 0.29) is 13.3 Å². The van der Waals surface area contributed by atoms with E-state index in [1.54, 1.807) is 24.3 Å². The molecule has 0 aromatic heterocycles. The molecule has 0 radical (unpaired) electrons. The molecule has 1 aliphatic heterocycles. The van der Waals surface area contributed by atoms with Gasteiger partial charge in [0.05, 0.1) is 5.02 Å². The van der Waals surface area contributed by atoms with Crippen molar-refractivity contribution in [3.05, 3.63) is 29.3 Å². The van der Waals surface area contributed by atoms with Gasteiger partial charge in [0, 0.05) is 0 Å². The Hall–Kier alpha value is -1.95. The van der Waals surface area contributed by atoms with E-state index in [9.17, 15) is 9.59 Å². The number of ether oxygens (including phenoxy) is 2. The zero-order valence-electron chi connectivity index (χ0n) is 9.21. The van der Waals surface area contributed by atoms with Gasteiger partial charge in [-0.2, -0.15) is 0 Å². The highest BCUT2D eigenvalue weighted by Crippen LogP contribution is 2.24. The number of cyclic esters (lactones) is 1. The number of amides is 1. The first-order valence-corrected chi connectivity index (χ1v) is 5.51. The van der Waals surface area contributed by atoms with Gasteiger partial charge < -0.3 is 14.6 Å². The van der Waals surface area contributed by atoms with Crippen molar-refractivity contribution in [3.63, 3.8) is 0 Å². The predicted octanol–water partition coefficient (Wildman–Crippen LogP) is 1.58. The molecule has 18 heavy (non-hydrogen) atoms. The van der Waals surface area contributed by atoms with Crippen LogP contribution in [0.2, 0.25) is 5.02 Å². The third-order valence-electron chi connectivity index (χ3n) is 2.47. The molecule has 1 aliphatic rings. The summed E-state index contributed by atoms with van der Waals surface area (Å²) < 4.78 is 9.98. The van der Waals surface area contributed by atoms with Crippen LogP contribution >= 0.6 is 11.6 Å². The Labute approximate surface area is 108 Å². The van der Waals surface area contributed by atoms with Gasteiger partial charge in [0.1, 0.15) is 12.4 Å². The van der Waals surface area contributed by atoms with Crippen LogP contribution in [0.1, 0.15) is 0 Å². The van der Waals surface area contributed by atoms with Crippen molar-refractivity contribution in [1.29, 1.82) is 0 Å². The highest BCUT2D eigenvalue weighted by atomic mass is 35.5. The number of halogens is 1. The second kappa shape index (κ2) is 5.14. The average Bonchev–Trinajstić information content (AvgIpc) is 2.70. The van der Waals surface area contributed by atoms with E-state index in [1.165, 1.54) is 0 Å². The normalized spacial score (nSPS) is 18.6. The molecule has 1 saturated heterocycles. The minimum atomic E-state index is -1.23. The Morgan fingerprint density at radius 3 is 2.94 bits per heavy atom. The van der Waals surface area contributed by atoms with E-state index in [0.29, 0.717) is 10.8 Å².